The number of nitrogens with one attached hydrogen (secondary N) is 1. The highest BCUT2D eigenvalue weighted by Gasteiger charge is 2.27. The fourth-order valence-electron chi connectivity index (χ4n) is 2.37. The second kappa shape index (κ2) is 7.30. The molecule has 0 radical (unpaired) electrons. The van der Waals surface area contributed by atoms with Crippen molar-refractivity contribution in [3.63, 3.8) is 0 Å². The predicted octanol–water partition coefficient (Wildman–Crippen LogP) is 6.22. The molecule has 0 spiro atoms. The molecule has 0 unspecified atom stereocenters. The zero-order chi connectivity index (χ0) is 17.0. The van der Waals surface area contributed by atoms with Gasteiger partial charge in [0.15, 0.2) is 5.90 Å². The molecule has 0 aliphatic heterocycles. The van der Waals surface area contributed by atoms with Gasteiger partial charge in [-0.1, -0.05) is 60.6 Å². The molecule has 1 N–H and O–H groups in total. The summed E-state index contributed by atoms with van der Waals surface area (Å²) in [6.07, 6.45) is 3.77. The van der Waals surface area contributed by atoms with Crippen molar-refractivity contribution in [2.45, 2.75) is 85.0 Å². The number of hydrogen-bond acceptors (Lipinski definition) is 2. The summed E-state index contributed by atoms with van der Waals surface area (Å²) in [5.41, 5.74) is 2.77. The topological polar surface area (TPSA) is 33.1 Å². The standard InChI is InChI=1S/C20H33NO/c1-8-11-18(21)22-17-13-12-15(19(4,5)9-2)14-16(17)20(6,7)10-3/h12-14,21H,8-11H2,1-7H3. The van der Waals surface area contributed by atoms with Gasteiger partial charge in [-0.2, -0.15) is 0 Å². The fraction of sp³-hybridized carbons (Fsp3) is 0.650. The second-order valence-corrected chi connectivity index (χ2v) is 7.46. The molecule has 124 valence electrons. The van der Waals surface area contributed by atoms with Crippen LogP contribution in [-0.2, 0) is 10.8 Å². The van der Waals surface area contributed by atoms with Gasteiger partial charge in [-0.15, -0.1) is 0 Å². The molecule has 2 nitrogen and oxygen atoms in total. The van der Waals surface area contributed by atoms with E-state index in [2.05, 4.69) is 66.7 Å². The summed E-state index contributed by atoms with van der Waals surface area (Å²) < 4.78 is 5.86. The summed E-state index contributed by atoms with van der Waals surface area (Å²) in [5, 5.41) is 7.97. The van der Waals surface area contributed by atoms with Crippen LogP contribution in [0.3, 0.4) is 0 Å². The predicted molar refractivity (Wildman–Crippen MR) is 96.3 cm³/mol. The van der Waals surface area contributed by atoms with Crippen LogP contribution in [0.1, 0.15) is 85.3 Å². The molecule has 2 heteroatoms. The Morgan fingerprint density at radius 3 is 2.09 bits per heavy atom. The maximum Gasteiger partial charge on any atom is 0.187 e. The van der Waals surface area contributed by atoms with E-state index < -0.39 is 0 Å². The molecular formula is C20H33NO. The lowest BCUT2D eigenvalue weighted by Crippen LogP contribution is -2.22. The molecule has 0 aromatic heterocycles. The first kappa shape index (κ1) is 18.7. The Morgan fingerprint density at radius 1 is 1.00 bits per heavy atom. The summed E-state index contributed by atoms with van der Waals surface area (Å²) in [7, 11) is 0. The minimum absolute atomic E-state index is 0.0433. The van der Waals surface area contributed by atoms with Crippen molar-refractivity contribution in [2.24, 2.45) is 0 Å². The van der Waals surface area contributed by atoms with Gasteiger partial charge in [0.1, 0.15) is 5.75 Å². The first-order valence-electron chi connectivity index (χ1n) is 8.58. The summed E-state index contributed by atoms with van der Waals surface area (Å²) >= 11 is 0. The number of ether oxygens (including phenoxy) is 1. The van der Waals surface area contributed by atoms with Crippen LogP contribution in [-0.4, -0.2) is 5.90 Å². The van der Waals surface area contributed by atoms with Crippen LogP contribution >= 0.6 is 0 Å². The Kier molecular flexibility index (Phi) is 6.22. The van der Waals surface area contributed by atoms with Crippen molar-refractivity contribution in [3.05, 3.63) is 29.3 Å². The van der Waals surface area contributed by atoms with Crippen molar-refractivity contribution < 1.29 is 4.74 Å². The third kappa shape index (κ3) is 4.34. The van der Waals surface area contributed by atoms with Crippen molar-refractivity contribution in [1.82, 2.24) is 0 Å². The van der Waals surface area contributed by atoms with Gasteiger partial charge in [-0.25, -0.2) is 0 Å². The van der Waals surface area contributed by atoms with Gasteiger partial charge in [0.2, 0.25) is 0 Å². The Morgan fingerprint density at radius 2 is 1.59 bits per heavy atom. The van der Waals surface area contributed by atoms with E-state index in [1.165, 1.54) is 11.1 Å². The first-order chi connectivity index (χ1) is 10.2. The summed E-state index contributed by atoms with van der Waals surface area (Å²) in [6.45, 7) is 15.6. The molecule has 0 aliphatic carbocycles. The van der Waals surface area contributed by atoms with E-state index in [-0.39, 0.29) is 10.8 Å². The van der Waals surface area contributed by atoms with E-state index in [1.807, 2.05) is 0 Å². The number of benzene rings is 1. The van der Waals surface area contributed by atoms with Crippen LogP contribution in [0.25, 0.3) is 0 Å². The van der Waals surface area contributed by atoms with Gasteiger partial charge >= 0.3 is 0 Å². The van der Waals surface area contributed by atoms with Gasteiger partial charge < -0.3 is 4.74 Å². The maximum absolute atomic E-state index is 7.97. The largest absolute Gasteiger partial charge is 0.443 e. The average molecular weight is 303 g/mol. The van der Waals surface area contributed by atoms with E-state index in [9.17, 15) is 0 Å². The minimum atomic E-state index is 0.0433. The highest BCUT2D eigenvalue weighted by atomic mass is 16.5. The third-order valence-corrected chi connectivity index (χ3v) is 4.97. The monoisotopic (exact) mass is 303 g/mol. The lowest BCUT2D eigenvalue weighted by atomic mass is 9.76. The fourth-order valence-corrected chi connectivity index (χ4v) is 2.37. The molecule has 0 heterocycles. The normalized spacial score (nSPS) is 12.3. The Bertz CT molecular complexity index is 514. The summed E-state index contributed by atoms with van der Waals surface area (Å²) in [4.78, 5) is 0. The molecule has 1 rings (SSSR count). The molecule has 0 aliphatic rings. The Hall–Kier alpha value is -1.31. The molecule has 0 atom stereocenters. The Labute approximate surface area is 136 Å². The smallest absolute Gasteiger partial charge is 0.187 e. The third-order valence-electron chi connectivity index (χ3n) is 4.97. The van der Waals surface area contributed by atoms with Crippen LogP contribution in [0.15, 0.2) is 18.2 Å². The highest BCUT2D eigenvalue weighted by molar-refractivity contribution is 5.75. The molecule has 22 heavy (non-hydrogen) atoms. The van der Waals surface area contributed by atoms with E-state index in [0.717, 1.165) is 25.0 Å². The molecule has 1 aromatic carbocycles. The Balaban J connectivity index is 3.30. The molecular weight excluding hydrogens is 270 g/mol. The average Bonchev–Trinajstić information content (AvgIpc) is 2.47. The first-order valence-corrected chi connectivity index (χ1v) is 8.58. The van der Waals surface area contributed by atoms with Gasteiger partial charge in [0.05, 0.1) is 0 Å². The molecule has 0 saturated heterocycles. The lowest BCUT2D eigenvalue weighted by Gasteiger charge is -2.30. The number of hydrogen-bond donors (Lipinski definition) is 1. The molecule has 0 bridgehead atoms. The van der Waals surface area contributed by atoms with Crippen molar-refractivity contribution >= 4 is 5.90 Å². The minimum Gasteiger partial charge on any atom is -0.443 e. The van der Waals surface area contributed by atoms with Gasteiger partial charge in [0, 0.05) is 12.0 Å². The second-order valence-electron chi connectivity index (χ2n) is 7.46. The zero-order valence-corrected chi connectivity index (χ0v) is 15.5. The van der Waals surface area contributed by atoms with E-state index in [4.69, 9.17) is 10.1 Å². The molecule has 0 fully saturated rings. The van der Waals surface area contributed by atoms with Gasteiger partial charge in [0.25, 0.3) is 0 Å². The molecule has 1 aromatic rings. The van der Waals surface area contributed by atoms with Crippen LogP contribution < -0.4 is 4.74 Å². The van der Waals surface area contributed by atoms with Crippen LogP contribution in [0.5, 0.6) is 5.75 Å². The van der Waals surface area contributed by atoms with E-state index >= 15 is 0 Å². The summed E-state index contributed by atoms with van der Waals surface area (Å²) in [6, 6.07) is 6.51. The van der Waals surface area contributed by atoms with Crippen LogP contribution in [0.2, 0.25) is 0 Å². The van der Waals surface area contributed by atoms with Crippen molar-refractivity contribution in [2.75, 3.05) is 0 Å². The van der Waals surface area contributed by atoms with Gasteiger partial charge in [-0.05, 0) is 41.7 Å². The SMILES string of the molecule is CCCC(=N)Oc1ccc(C(C)(C)CC)cc1C(C)(C)CC. The van der Waals surface area contributed by atoms with Crippen molar-refractivity contribution in [1.29, 1.82) is 5.41 Å². The quantitative estimate of drug-likeness (QED) is 0.471. The van der Waals surface area contributed by atoms with Crippen LogP contribution in [0.4, 0.5) is 0 Å². The highest BCUT2D eigenvalue weighted by Crippen LogP contribution is 2.38. The zero-order valence-electron chi connectivity index (χ0n) is 15.5. The molecule has 0 amide bonds. The van der Waals surface area contributed by atoms with Gasteiger partial charge in [-0.3, -0.25) is 5.41 Å². The number of rotatable bonds is 7. The van der Waals surface area contributed by atoms with E-state index in [0.29, 0.717) is 12.3 Å². The van der Waals surface area contributed by atoms with Crippen molar-refractivity contribution in [3.8, 4) is 5.75 Å². The van der Waals surface area contributed by atoms with E-state index in [1.54, 1.807) is 0 Å². The summed E-state index contributed by atoms with van der Waals surface area (Å²) in [5.74, 6) is 1.21. The molecule has 0 saturated carbocycles. The lowest BCUT2D eigenvalue weighted by molar-refractivity contribution is 0.452. The van der Waals surface area contributed by atoms with Crippen LogP contribution in [0, 0.1) is 5.41 Å². The maximum atomic E-state index is 7.97.